The molecule has 238 valence electrons. The minimum atomic E-state index is -0.106. The molecule has 2 nitrogen and oxygen atoms in total. The molecule has 8 aromatic rings. The van der Waals surface area contributed by atoms with Gasteiger partial charge in [-0.1, -0.05) is 136 Å². The van der Waals surface area contributed by atoms with Crippen molar-refractivity contribution < 1.29 is 4.42 Å². The van der Waals surface area contributed by atoms with Crippen molar-refractivity contribution in [3.8, 4) is 11.1 Å². The fraction of sp³-hybridized carbons (Fsp3) is 0.191. The molecular formula is C47H39NO. The number of anilines is 3. The first-order valence-electron chi connectivity index (χ1n) is 18.0. The lowest BCUT2D eigenvalue weighted by Gasteiger charge is -2.27. The predicted molar refractivity (Wildman–Crippen MR) is 207 cm³/mol. The summed E-state index contributed by atoms with van der Waals surface area (Å²) < 4.78 is 7.00. The largest absolute Gasteiger partial charge is 0.454 e. The maximum atomic E-state index is 7.00. The van der Waals surface area contributed by atoms with Crippen molar-refractivity contribution in [1.29, 1.82) is 0 Å². The second-order valence-corrected chi connectivity index (χ2v) is 14.7. The van der Waals surface area contributed by atoms with Gasteiger partial charge in [0.15, 0.2) is 5.58 Å². The third-order valence-electron chi connectivity index (χ3n) is 11.6. The summed E-state index contributed by atoms with van der Waals surface area (Å²) >= 11 is 0. The summed E-state index contributed by atoms with van der Waals surface area (Å²) in [5.41, 5.74) is 12.2. The molecule has 0 radical (unpaired) electrons. The van der Waals surface area contributed by atoms with Gasteiger partial charge in [-0.2, -0.15) is 0 Å². The molecule has 2 aliphatic rings. The Morgan fingerprint density at radius 2 is 1.31 bits per heavy atom. The average Bonchev–Trinajstić information content (AvgIpc) is 3.65. The normalized spacial score (nSPS) is 15.6. The number of nitrogens with zero attached hydrogens (tertiary/aromatic N) is 1. The van der Waals surface area contributed by atoms with E-state index < -0.39 is 0 Å². The van der Waals surface area contributed by atoms with Crippen LogP contribution < -0.4 is 4.90 Å². The van der Waals surface area contributed by atoms with Gasteiger partial charge in [0, 0.05) is 27.6 Å². The van der Waals surface area contributed by atoms with E-state index in [2.05, 4.69) is 152 Å². The van der Waals surface area contributed by atoms with Crippen LogP contribution in [0, 0.1) is 0 Å². The second-order valence-electron chi connectivity index (χ2n) is 14.7. The van der Waals surface area contributed by atoms with Gasteiger partial charge in [-0.25, -0.2) is 0 Å². The summed E-state index contributed by atoms with van der Waals surface area (Å²) in [5.74, 6) is 0.572. The summed E-state index contributed by atoms with van der Waals surface area (Å²) in [7, 11) is 0. The van der Waals surface area contributed by atoms with E-state index in [9.17, 15) is 0 Å². The first kappa shape index (κ1) is 28.7. The molecule has 0 spiro atoms. The monoisotopic (exact) mass is 633 g/mol. The Kier molecular flexibility index (Phi) is 6.34. The molecule has 1 fully saturated rings. The topological polar surface area (TPSA) is 16.4 Å². The van der Waals surface area contributed by atoms with Crippen molar-refractivity contribution in [2.45, 2.75) is 57.3 Å². The molecule has 0 unspecified atom stereocenters. The Hall–Kier alpha value is -5.34. The third-order valence-corrected chi connectivity index (χ3v) is 11.6. The Morgan fingerprint density at radius 1 is 0.571 bits per heavy atom. The fourth-order valence-electron chi connectivity index (χ4n) is 9.30. The van der Waals surface area contributed by atoms with E-state index >= 15 is 0 Å². The maximum absolute atomic E-state index is 7.00. The highest BCUT2D eigenvalue weighted by Crippen LogP contribution is 2.54. The highest BCUT2D eigenvalue weighted by molar-refractivity contribution is 6.12. The van der Waals surface area contributed by atoms with Gasteiger partial charge < -0.3 is 9.32 Å². The van der Waals surface area contributed by atoms with E-state index in [0.717, 1.165) is 28.2 Å². The first-order valence-corrected chi connectivity index (χ1v) is 18.0. The smallest absolute Gasteiger partial charge is 0.159 e. The number of benzene rings is 7. The Labute approximate surface area is 287 Å². The average molecular weight is 634 g/mol. The number of hydrogen-bond donors (Lipinski definition) is 0. The van der Waals surface area contributed by atoms with Crippen LogP contribution in [-0.4, -0.2) is 0 Å². The molecule has 0 amide bonds. The summed E-state index contributed by atoms with van der Waals surface area (Å²) in [6, 6.07) is 49.3. The molecule has 10 rings (SSSR count). The highest BCUT2D eigenvalue weighted by atomic mass is 16.3. The fourth-order valence-corrected chi connectivity index (χ4v) is 9.30. The van der Waals surface area contributed by atoms with Crippen LogP contribution in [-0.2, 0) is 5.41 Å². The highest BCUT2D eigenvalue weighted by Gasteiger charge is 2.38. The quantitative estimate of drug-likeness (QED) is 0.192. The summed E-state index contributed by atoms with van der Waals surface area (Å²) in [6.07, 6.45) is 6.45. The molecule has 2 heteroatoms. The standard InChI is InChI=1S/C47H39NO/c1-47(2)41-28-24-31-15-9-10-18-35(31)43(41)40-26-23-32-29-34(25-27-36(32)44(40)47)48(33-16-7-4-8-17-33)42-22-12-21-39-38-20-11-19-37(45(38)49-46(39)42)30-13-5-3-6-14-30/h4,7-12,15-30H,3,5-6,13-14H2,1-2H3. The van der Waals surface area contributed by atoms with Crippen LogP contribution in [0.1, 0.15) is 68.6 Å². The van der Waals surface area contributed by atoms with Crippen molar-refractivity contribution in [3.63, 3.8) is 0 Å². The van der Waals surface area contributed by atoms with Crippen LogP contribution >= 0.6 is 0 Å². The zero-order valence-electron chi connectivity index (χ0n) is 28.2. The molecule has 0 N–H and O–H groups in total. The van der Waals surface area contributed by atoms with E-state index in [0.29, 0.717) is 5.92 Å². The van der Waals surface area contributed by atoms with Crippen molar-refractivity contribution in [1.82, 2.24) is 0 Å². The minimum absolute atomic E-state index is 0.106. The zero-order chi connectivity index (χ0) is 32.7. The Bertz CT molecular complexity index is 2570. The van der Waals surface area contributed by atoms with Crippen LogP contribution in [0.15, 0.2) is 138 Å². The molecule has 1 saturated carbocycles. The summed E-state index contributed by atoms with van der Waals surface area (Å²) in [5, 5.41) is 7.60. The van der Waals surface area contributed by atoms with Gasteiger partial charge in [-0.05, 0) is 98.5 Å². The molecular weight excluding hydrogens is 595 g/mol. The van der Waals surface area contributed by atoms with Gasteiger partial charge in [0.1, 0.15) is 5.58 Å². The van der Waals surface area contributed by atoms with E-state index in [4.69, 9.17) is 4.42 Å². The number of furan rings is 1. The molecule has 0 saturated heterocycles. The van der Waals surface area contributed by atoms with Crippen molar-refractivity contribution >= 4 is 60.5 Å². The van der Waals surface area contributed by atoms with E-state index in [-0.39, 0.29) is 5.41 Å². The van der Waals surface area contributed by atoms with Crippen LogP contribution in [0.4, 0.5) is 17.1 Å². The van der Waals surface area contributed by atoms with Crippen molar-refractivity contribution in [2.75, 3.05) is 4.90 Å². The molecule has 0 aliphatic heterocycles. The summed E-state index contributed by atoms with van der Waals surface area (Å²) in [6.45, 7) is 4.78. The van der Waals surface area contributed by atoms with E-state index in [1.807, 2.05) is 0 Å². The third kappa shape index (κ3) is 4.26. The van der Waals surface area contributed by atoms with Gasteiger partial charge >= 0.3 is 0 Å². The van der Waals surface area contributed by atoms with Crippen LogP contribution in [0.2, 0.25) is 0 Å². The molecule has 1 aromatic heterocycles. The molecule has 2 aliphatic carbocycles. The lowest BCUT2D eigenvalue weighted by Crippen LogP contribution is -2.15. The second kappa shape index (κ2) is 10.8. The summed E-state index contributed by atoms with van der Waals surface area (Å²) in [4.78, 5) is 2.38. The molecule has 7 aromatic carbocycles. The Balaban J connectivity index is 1.17. The molecule has 0 bridgehead atoms. The van der Waals surface area contributed by atoms with Gasteiger partial charge in [-0.15, -0.1) is 0 Å². The number of para-hydroxylation sites is 3. The SMILES string of the molecule is CC1(C)c2ccc3ccccc3c2-c2ccc3cc(N(c4ccccc4)c4cccc5c4oc4c(C6CCCCC6)cccc45)ccc3c21. The van der Waals surface area contributed by atoms with E-state index in [1.165, 1.54) is 92.2 Å². The van der Waals surface area contributed by atoms with Crippen LogP contribution in [0.5, 0.6) is 0 Å². The van der Waals surface area contributed by atoms with Crippen molar-refractivity contribution in [2.24, 2.45) is 0 Å². The predicted octanol–water partition coefficient (Wildman–Crippen LogP) is 13.7. The number of rotatable bonds is 4. The number of hydrogen-bond acceptors (Lipinski definition) is 2. The molecule has 1 heterocycles. The van der Waals surface area contributed by atoms with Gasteiger partial charge in [-0.3, -0.25) is 0 Å². The van der Waals surface area contributed by atoms with Gasteiger partial charge in [0.2, 0.25) is 0 Å². The van der Waals surface area contributed by atoms with Crippen molar-refractivity contribution in [3.05, 3.63) is 150 Å². The van der Waals surface area contributed by atoms with E-state index in [1.54, 1.807) is 0 Å². The minimum Gasteiger partial charge on any atom is -0.454 e. The number of fused-ring (bicyclic) bond motifs is 10. The lowest BCUT2D eigenvalue weighted by atomic mass is 9.80. The van der Waals surface area contributed by atoms with Gasteiger partial charge in [0.05, 0.1) is 5.69 Å². The first-order chi connectivity index (χ1) is 24.1. The Morgan fingerprint density at radius 3 is 2.16 bits per heavy atom. The van der Waals surface area contributed by atoms with Crippen LogP contribution in [0.3, 0.4) is 0 Å². The molecule has 0 atom stereocenters. The molecule has 49 heavy (non-hydrogen) atoms. The van der Waals surface area contributed by atoms with Crippen LogP contribution in [0.25, 0.3) is 54.6 Å². The van der Waals surface area contributed by atoms with Gasteiger partial charge in [0.25, 0.3) is 0 Å². The zero-order valence-corrected chi connectivity index (χ0v) is 28.2. The maximum Gasteiger partial charge on any atom is 0.159 e. The lowest BCUT2D eigenvalue weighted by molar-refractivity contribution is 0.442.